The maximum Gasteiger partial charge on any atom is 0.261 e. The number of rotatable bonds is 4. The van der Waals surface area contributed by atoms with Crippen LogP contribution in [0.3, 0.4) is 0 Å². The zero-order valence-corrected chi connectivity index (χ0v) is 17.6. The Morgan fingerprint density at radius 1 is 1.03 bits per heavy atom. The van der Waals surface area contributed by atoms with Gasteiger partial charge in [-0.2, -0.15) is 0 Å². The minimum Gasteiger partial charge on any atom is -0.508 e. The van der Waals surface area contributed by atoms with Gasteiger partial charge in [0.05, 0.1) is 5.69 Å². The minimum absolute atomic E-state index is 0.0650. The Kier molecular flexibility index (Phi) is 5.54. The van der Waals surface area contributed by atoms with E-state index in [-0.39, 0.29) is 22.8 Å². The fourth-order valence-corrected chi connectivity index (χ4v) is 3.16. The number of carbonyl (C=O) groups is 1. The predicted molar refractivity (Wildman–Crippen MR) is 120 cm³/mol. The highest BCUT2D eigenvalue weighted by atomic mass is 79.9. The number of carbonyl (C=O) groups excluding carboxylic acids is 1. The van der Waals surface area contributed by atoms with E-state index >= 15 is 0 Å². The van der Waals surface area contributed by atoms with Crippen LogP contribution >= 0.6 is 15.9 Å². The second-order valence-corrected chi connectivity index (χ2v) is 7.60. The number of hydrogen-bond acceptors (Lipinski definition) is 5. The number of benzene rings is 3. The number of nitrogens with one attached hydrogen (secondary N) is 2. The molecule has 0 fully saturated rings. The lowest BCUT2D eigenvalue weighted by Gasteiger charge is -2.09. The van der Waals surface area contributed by atoms with Crippen molar-refractivity contribution in [3.63, 3.8) is 0 Å². The Hall–Kier alpha value is -3.58. The van der Waals surface area contributed by atoms with Crippen LogP contribution in [0.4, 0.5) is 11.4 Å². The molecule has 4 aromatic rings. The molecule has 3 N–H and O–H groups in total. The van der Waals surface area contributed by atoms with Gasteiger partial charge in [-0.3, -0.25) is 10.2 Å². The molecule has 7 heteroatoms. The van der Waals surface area contributed by atoms with E-state index in [9.17, 15) is 9.90 Å². The van der Waals surface area contributed by atoms with Crippen LogP contribution in [-0.2, 0) is 0 Å². The van der Waals surface area contributed by atoms with Crippen LogP contribution in [-0.4, -0.2) is 11.0 Å². The van der Waals surface area contributed by atoms with Gasteiger partial charge in [0, 0.05) is 21.6 Å². The van der Waals surface area contributed by atoms with E-state index in [1.54, 1.807) is 12.1 Å². The van der Waals surface area contributed by atoms with Crippen LogP contribution in [0.5, 0.6) is 5.75 Å². The topological polar surface area (TPSA) is 86.9 Å². The molecule has 1 aromatic heterocycles. The molecule has 0 unspecified atom stereocenters. The van der Waals surface area contributed by atoms with Gasteiger partial charge in [0.1, 0.15) is 16.9 Å². The number of halogens is 1. The van der Waals surface area contributed by atoms with Gasteiger partial charge in [0.2, 0.25) is 5.55 Å². The average Bonchev–Trinajstić information content (AvgIpc) is 2.74. The van der Waals surface area contributed by atoms with E-state index < -0.39 is 0 Å². The number of phenols is 1. The molecule has 0 atom stereocenters. The van der Waals surface area contributed by atoms with Crippen molar-refractivity contribution in [2.24, 2.45) is 5.10 Å². The first-order chi connectivity index (χ1) is 14.5. The van der Waals surface area contributed by atoms with E-state index in [0.717, 1.165) is 15.7 Å². The predicted octanol–water partition coefficient (Wildman–Crippen LogP) is 5.39. The van der Waals surface area contributed by atoms with Gasteiger partial charge in [-0.25, -0.2) is 0 Å². The third-order valence-corrected chi connectivity index (χ3v) is 5.03. The molecule has 0 saturated heterocycles. The molecular formula is C23H18BrN3O3. The summed E-state index contributed by atoms with van der Waals surface area (Å²) in [5.41, 5.74) is 6.07. The third kappa shape index (κ3) is 4.36. The summed E-state index contributed by atoms with van der Waals surface area (Å²) in [4.78, 5) is 13.0. The molecule has 30 heavy (non-hydrogen) atoms. The second-order valence-electron chi connectivity index (χ2n) is 6.69. The number of amides is 1. The van der Waals surface area contributed by atoms with Crippen molar-refractivity contribution in [3.05, 3.63) is 94.0 Å². The van der Waals surface area contributed by atoms with Gasteiger partial charge < -0.3 is 14.8 Å². The van der Waals surface area contributed by atoms with Gasteiger partial charge in [-0.05, 0) is 61.0 Å². The van der Waals surface area contributed by atoms with E-state index in [0.29, 0.717) is 16.7 Å². The van der Waals surface area contributed by atoms with Gasteiger partial charge in [0.15, 0.2) is 0 Å². The monoisotopic (exact) mass is 463 g/mol. The fourth-order valence-electron chi connectivity index (χ4n) is 2.90. The van der Waals surface area contributed by atoms with Gasteiger partial charge >= 0.3 is 0 Å². The number of fused-ring (bicyclic) bond motifs is 1. The molecule has 0 radical (unpaired) electrons. The molecule has 0 aliphatic heterocycles. The first-order valence-electron chi connectivity index (χ1n) is 9.19. The molecular weight excluding hydrogens is 446 g/mol. The second kappa shape index (κ2) is 8.42. The maximum absolute atomic E-state index is 13.0. The Labute approximate surface area is 181 Å². The van der Waals surface area contributed by atoms with E-state index in [1.165, 1.54) is 12.1 Å². The van der Waals surface area contributed by atoms with Gasteiger partial charge in [0.25, 0.3) is 5.91 Å². The molecule has 0 spiro atoms. The summed E-state index contributed by atoms with van der Waals surface area (Å²) in [5.74, 6) is -0.283. The van der Waals surface area contributed by atoms with Crippen molar-refractivity contribution in [2.45, 2.75) is 6.92 Å². The molecule has 0 aliphatic carbocycles. The Morgan fingerprint density at radius 2 is 1.80 bits per heavy atom. The van der Waals surface area contributed by atoms with E-state index in [2.05, 4.69) is 31.8 Å². The van der Waals surface area contributed by atoms with Crippen LogP contribution in [0, 0.1) is 6.92 Å². The number of anilines is 2. The Morgan fingerprint density at radius 3 is 2.57 bits per heavy atom. The normalized spacial score (nSPS) is 11.5. The van der Waals surface area contributed by atoms with E-state index in [4.69, 9.17) is 4.42 Å². The number of para-hydroxylation sites is 1. The van der Waals surface area contributed by atoms with Crippen LogP contribution in [0.15, 0.2) is 86.8 Å². The summed E-state index contributed by atoms with van der Waals surface area (Å²) in [6, 6.07) is 21.3. The summed E-state index contributed by atoms with van der Waals surface area (Å²) in [7, 11) is 0. The number of phenolic OH excluding ortho intramolecular Hbond substituents is 1. The van der Waals surface area contributed by atoms with Crippen molar-refractivity contribution in [1.82, 2.24) is 0 Å². The SMILES string of the molecule is Cc1ccccc1NC(=O)c1cc2ccc(O)cc2o/c1=N\Nc1ccc(Br)cc1. The number of nitrogens with zero attached hydrogens (tertiary/aromatic N) is 1. The van der Waals surface area contributed by atoms with Crippen LogP contribution < -0.4 is 16.3 Å². The van der Waals surface area contributed by atoms with E-state index in [1.807, 2.05) is 55.5 Å². The molecule has 3 aromatic carbocycles. The molecule has 1 amide bonds. The standard InChI is InChI=1S/C23H18BrN3O3/c1-14-4-2-3-5-20(14)25-22(29)19-12-15-6-11-18(28)13-21(15)30-23(19)27-26-17-9-7-16(24)8-10-17/h2-13,26,28H,1H3,(H,25,29)/b27-23-. The van der Waals surface area contributed by atoms with Crippen molar-refractivity contribution in [3.8, 4) is 5.75 Å². The summed E-state index contributed by atoms with van der Waals surface area (Å²) in [5, 5.41) is 17.6. The fraction of sp³-hybridized carbons (Fsp3) is 0.0435. The largest absolute Gasteiger partial charge is 0.508 e. The zero-order chi connectivity index (χ0) is 21.1. The summed E-state index contributed by atoms with van der Waals surface area (Å²) >= 11 is 3.39. The lowest BCUT2D eigenvalue weighted by Crippen LogP contribution is -2.23. The smallest absolute Gasteiger partial charge is 0.261 e. The highest BCUT2D eigenvalue weighted by molar-refractivity contribution is 9.10. The first kappa shape index (κ1) is 19.7. The molecule has 0 aliphatic rings. The number of aromatic hydroxyl groups is 1. The van der Waals surface area contributed by atoms with Gasteiger partial charge in [-0.1, -0.05) is 34.1 Å². The zero-order valence-electron chi connectivity index (χ0n) is 16.0. The Balaban J connectivity index is 1.77. The molecule has 6 nitrogen and oxygen atoms in total. The van der Waals surface area contributed by atoms with Crippen molar-refractivity contribution in [1.29, 1.82) is 0 Å². The summed E-state index contributed by atoms with van der Waals surface area (Å²) < 4.78 is 6.79. The first-order valence-corrected chi connectivity index (χ1v) is 9.98. The van der Waals surface area contributed by atoms with Gasteiger partial charge in [-0.15, -0.1) is 5.10 Å². The number of aryl methyl sites for hydroxylation is 1. The van der Waals surface area contributed by atoms with Crippen molar-refractivity contribution in [2.75, 3.05) is 10.7 Å². The molecule has 0 saturated carbocycles. The molecule has 0 bridgehead atoms. The highest BCUT2D eigenvalue weighted by Gasteiger charge is 2.14. The summed E-state index contributed by atoms with van der Waals surface area (Å²) in [6.45, 7) is 1.92. The maximum atomic E-state index is 13.0. The van der Waals surface area contributed by atoms with Crippen LogP contribution in [0.2, 0.25) is 0 Å². The van der Waals surface area contributed by atoms with Crippen LogP contribution in [0.25, 0.3) is 11.0 Å². The minimum atomic E-state index is -0.348. The summed E-state index contributed by atoms with van der Waals surface area (Å²) in [6.07, 6.45) is 0. The quantitative estimate of drug-likeness (QED) is 0.354. The average molecular weight is 464 g/mol. The molecule has 1 heterocycles. The van der Waals surface area contributed by atoms with Crippen molar-refractivity contribution >= 4 is 44.2 Å². The number of hydrogen-bond donors (Lipinski definition) is 3. The third-order valence-electron chi connectivity index (χ3n) is 4.50. The van der Waals surface area contributed by atoms with Crippen LogP contribution in [0.1, 0.15) is 15.9 Å². The Bertz CT molecular complexity index is 1300. The molecule has 150 valence electrons. The molecule has 4 rings (SSSR count). The lowest BCUT2D eigenvalue weighted by atomic mass is 10.1. The highest BCUT2D eigenvalue weighted by Crippen LogP contribution is 2.21. The lowest BCUT2D eigenvalue weighted by molar-refractivity contribution is 0.102. The van der Waals surface area contributed by atoms with Crippen molar-refractivity contribution < 1.29 is 14.3 Å².